The van der Waals surface area contributed by atoms with Gasteiger partial charge in [0.15, 0.2) is 0 Å². The van der Waals surface area contributed by atoms with Crippen LogP contribution in [0.2, 0.25) is 0 Å². The highest BCUT2D eigenvalue weighted by molar-refractivity contribution is 5.77. The van der Waals surface area contributed by atoms with Crippen LogP contribution in [0.4, 0.5) is 5.69 Å². The topological polar surface area (TPSA) is 41.6 Å². The van der Waals surface area contributed by atoms with Crippen LogP contribution in [0.15, 0.2) is 24.3 Å². The Kier molecular flexibility index (Phi) is 4.80. The minimum absolute atomic E-state index is 0.183. The molecule has 0 saturated heterocycles. The molecule has 1 aromatic carbocycles. The Hall–Kier alpha value is -1.55. The van der Waals surface area contributed by atoms with E-state index in [1.165, 1.54) is 18.4 Å². The quantitative estimate of drug-likeness (QED) is 0.791. The monoisotopic (exact) mass is 262 g/mol. The molecule has 1 aliphatic rings. The van der Waals surface area contributed by atoms with E-state index < -0.39 is 0 Å². The molecule has 4 heteroatoms. The van der Waals surface area contributed by atoms with Crippen LogP contribution in [-0.4, -0.2) is 38.8 Å². The van der Waals surface area contributed by atoms with E-state index >= 15 is 0 Å². The normalized spacial score (nSPS) is 15.2. The summed E-state index contributed by atoms with van der Waals surface area (Å²) in [5.74, 6) is -0.183. The first kappa shape index (κ1) is 13.9. The standard InChI is InChI=1S/C15H22N2O2/c1-3-9-16-13(15(18)19-2)11-17-10-8-12-6-4-5-7-14(12)17/h4-7,13,16H,3,8-11H2,1-2H3. The van der Waals surface area contributed by atoms with Gasteiger partial charge in [-0.3, -0.25) is 4.79 Å². The molecule has 1 heterocycles. The molecular weight excluding hydrogens is 240 g/mol. The second-order valence-electron chi connectivity index (χ2n) is 4.85. The van der Waals surface area contributed by atoms with Crippen molar-refractivity contribution in [2.24, 2.45) is 0 Å². The number of anilines is 1. The van der Waals surface area contributed by atoms with Gasteiger partial charge >= 0.3 is 5.97 Å². The molecule has 4 nitrogen and oxygen atoms in total. The van der Waals surface area contributed by atoms with E-state index in [0.29, 0.717) is 6.54 Å². The molecule has 1 aromatic rings. The first-order valence-corrected chi connectivity index (χ1v) is 6.90. The van der Waals surface area contributed by atoms with Gasteiger partial charge < -0.3 is 15.0 Å². The lowest BCUT2D eigenvalue weighted by Gasteiger charge is -2.25. The fraction of sp³-hybridized carbons (Fsp3) is 0.533. The minimum atomic E-state index is -0.254. The van der Waals surface area contributed by atoms with Gasteiger partial charge in [-0.05, 0) is 31.0 Å². The summed E-state index contributed by atoms with van der Waals surface area (Å²) in [6.07, 6.45) is 2.06. The summed E-state index contributed by atoms with van der Waals surface area (Å²) < 4.78 is 4.88. The lowest BCUT2D eigenvalue weighted by Crippen LogP contribution is -2.46. The smallest absolute Gasteiger partial charge is 0.324 e. The van der Waals surface area contributed by atoms with E-state index in [1.54, 1.807) is 0 Å². The lowest BCUT2D eigenvalue weighted by molar-refractivity contribution is -0.142. The number of hydrogen-bond acceptors (Lipinski definition) is 4. The molecule has 104 valence electrons. The van der Waals surface area contributed by atoms with Crippen molar-refractivity contribution in [2.45, 2.75) is 25.8 Å². The minimum Gasteiger partial charge on any atom is -0.468 e. The number of methoxy groups -OCH3 is 1. The Morgan fingerprint density at radius 2 is 2.26 bits per heavy atom. The van der Waals surface area contributed by atoms with Crippen LogP contribution in [-0.2, 0) is 16.0 Å². The Morgan fingerprint density at radius 1 is 1.47 bits per heavy atom. The zero-order valence-corrected chi connectivity index (χ0v) is 11.7. The Balaban J connectivity index is 2.04. The Labute approximate surface area is 114 Å². The van der Waals surface area contributed by atoms with E-state index in [4.69, 9.17) is 4.74 Å². The number of fused-ring (bicyclic) bond motifs is 1. The van der Waals surface area contributed by atoms with Crippen LogP contribution < -0.4 is 10.2 Å². The van der Waals surface area contributed by atoms with Crippen molar-refractivity contribution in [1.82, 2.24) is 5.32 Å². The van der Waals surface area contributed by atoms with Crippen molar-refractivity contribution >= 4 is 11.7 Å². The molecule has 0 aromatic heterocycles. The molecule has 0 spiro atoms. The third-order valence-corrected chi connectivity index (χ3v) is 3.51. The largest absolute Gasteiger partial charge is 0.468 e. The molecule has 0 fully saturated rings. The summed E-state index contributed by atoms with van der Waals surface area (Å²) in [5.41, 5.74) is 2.61. The van der Waals surface area contributed by atoms with E-state index in [9.17, 15) is 4.79 Å². The molecule has 1 N–H and O–H groups in total. The number of esters is 1. The summed E-state index contributed by atoms with van der Waals surface area (Å²) in [7, 11) is 1.45. The molecule has 2 rings (SSSR count). The number of ether oxygens (including phenoxy) is 1. The molecule has 0 amide bonds. The number of benzene rings is 1. The van der Waals surface area contributed by atoms with Crippen LogP contribution in [0.25, 0.3) is 0 Å². The number of carbonyl (C=O) groups is 1. The van der Waals surface area contributed by atoms with Crippen LogP contribution in [0.1, 0.15) is 18.9 Å². The third kappa shape index (κ3) is 3.26. The van der Waals surface area contributed by atoms with Gasteiger partial charge in [0.25, 0.3) is 0 Å². The fourth-order valence-corrected chi connectivity index (χ4v) is 2.50. The molecule has 1 atom stereocenters. The summed E-state index contributed by atoms with van der Waals surface area (Å²) >= 11 is 0. The van der Waals surface area contributed by atoms with Gasteiger partial charge in [-0.1, -0.05) is 25.1 Å². The van der Waals surface area contributed by atoms with Gasteiger partial charge in [0, 0.05) is 18.8 Å². The third-order valence-electron chi connectivity index (χ3n) is 3.51. The highest BCUT2D eigenvalue weighted by atomic mass is 16.5. The van der Waals surface area contributed by atoms with Gasteiger partial charge in [-0.25, -0.2) is 0 Å². The summed E-state index contributed by atoms with van der Waals surface area (Å²) in [5, 5.41) is 3.26. The lowest BCUT2D eigenvalue weighted by atomic mass is 10.2. The predicted octanol–water partition coefficient (Wildman–Crippen LogP) is 1.59. The molecule has 0 saturated carbocycles. The maximum absolute atomic E-state index is 11.8. The summed E-state index contributed by atoms with van der Waals surface area (Å²) in [6.45, 7) is 4.56. The molecule has 1 aliphatic heterocycles. The maximum Gasteiger partial charge on any atom is 0.324 e. The van der Waals surface area contributed by atoms with Gasteiger partial charge in [0.05, 0.1) is 7.11 Å². The average Bonchev–Trinajstić information content (AvgIpc) is 2.86. The average molecular weight is 262 g/mol. The van der Waals surface area contributed by atoms with E-state index in [2.05, 4.69) is 35.3 Å². The van der Waals surface area contributed by atoms with E-state index in [1.807, 2.05) is 6.07 Å². The number of hydrogen-bond donors (Lipinski definition) is 1. The first-order chi connectivity index (χ1) is 9.26. The SMILES string of the molecule is CCCNC(CN1CCc2ccccc21)C(=O)OC. The van der Waals surface area contributed by atoms with Crippen molar-refractivity contribution in [1.29, 1.82) is 0 Å². The molecule has 0 bridgehead atoms. The number of carbonyl (C=O) groups excluding carboxylic acids is 1. The van der Waals surface area contributed by atoms with Crippen LogP contribution in [0, 0.1) is 0 Å². The van der Waals surface area contributed by atoms with Crippen LogP contribution in [0.3, 0.4) is 0 Å². The predicted molar refractivity (Wildman–Crippen MR) is 76.5 cm³/mol. The van der Waals surface area contributed by atoms with Crippen molar-refractivity contribution in [2.75, 3.05) is 31.6 Å². The second-order valence-corrected chi connectivity index (χ2v) is 4.85. The Bertz CT molecular complexity index is 434. The number of nitrogens with one attached hydrogen (secondary N) is 1. The first-order valence-electron chi connectivity index (χ1n) is 6.90. The molecule has 1 unspecified atom stereocenters. The molecule has 19 heavy (non-hydrogen) atoms. The van der Waals surface area contributed by atoms with E-state index in [-0.39, 0.29) is 12.0 Å². The van der Waals surface area contributed by atoms with Crippen molar-refractivity contribution in [3.63, 3.8) is 0 Å². The number of nitrogens with zero attached hydrogens (tertiary/aromatic N) is 1. The zero-order chi connectivity index (χ0) is 13.7. The van der Waals surface area contributed by atoms with Crippen molar-refractivity contribution in [3.8, 4) is 0 Å². The molecular formula is C15H22N2O2. The second kappa shape index (κ2) is 6.57. The Morgan fingerprint density at radius 3 is 3.00 bits per heavy atom. The van der Waals surface area contributed by atoms with Crippen LogP contribution in [0.5, 0.6) is 0 Å². The zero-order valence-electron chi connectivity index (χ0n) is 11.7. The highest BCUT2D eigenvalue weighted by Crippen LogP contribution is 2.27. The van der Waals surface area contributed by atoms with E-state index in [0.717, 1.165) is 25.9 Å². The van der Waals surface area contributed by atoms with Crippen molar-refractivity contribution < 1.29 is 9.53 Å². The van der Waals surface area contributed by atoms with Crippen molar-refractivity contribution in [3.05, 3.63) is 29.8 Å². The van der Waals surface area contributed by atoms with Gasteiger partial charge in [-0.2, -0.15) is 0 Å². The maximum atomic E-state index is 11.8. The highest BCUT2D eigenvalue weighted by Gasteiger charge is 2.25. The molecule has 0 radical (unpaired) electrons. The number of para-hydroxylation sites is 1. The summed E-state index contributed by atoms with van der Waals surface area (Å²) in [4.78, 5) is 14.1. The van der Waals surface area contributed by atoms with Gasteiger partial charge in [0.1, 0.15) is 6.04 Å². The molecule has 0 aliphatic carbocycles. The summed E-state index contributed by atoms with van der Waals surface area (Å²) in [6, 6.07) is 8.13. The van der Waals surface area contributed by atoms with Gasteiger partial charge in [-0.15, -0.1) is 0 Å². The van der Waals surface area contributed by atoms with Gasteiger partial charge in [0.2, 0.25) is 0 Å². The van der Waals surface area contributed by atoms with Crippen LogP contribution >= 0.6 is 0 Å². The number of rotatable bonds is 6. The fourth-order valence-electron chi connectivity index (χ4n) is 2.50.